The molecule has 2 heterocycles. The second-order valence-electron chi connectivity index (χ2n) is 4.58. The van der Waals surface area contributed by atoms with Gasteiger partial charge in [0.25, 0.3) is 0 Å². The number of likely N-dealkylation sites (tertiary alicyclic amines) is 1. The van der Waals surface area contributed by atoms with E-state index >= 15 is 0 Å². The lowest BCUT2D eigenvalue weighted by Gasteiger charge is -2.20. The molecule has 0 saturated carbocycles. The molecule has 0 aromatic carbocycles. The molecule has 0 radical (unpaired) electrons. The normalized spacial score (nSPS) is 27.1. The Labute approximate surface area is 96.3 Å². The molecular formula is C12H17ClN2. The Kier molecular flexibility index (Phi) is 3.27. The van der Waals surface area contributed by atoms with Gasteiger partial charge in [-0.2, -0.15) is 0 Å². The molecule has 2 rings (SSSR count). The minimum absolute atomic E-state index is 0.667. The van der Waals surface area contributed by atoms with Crippen molar-refractivity contribution in [3.05, 3.63) is 29.0 Å². The van der Waals surface area contributed by atoms with Crippen LogP contribution in [0.15, 0.2) is 18.3 Å². The molecule has 0 bridgehead atoms. The molecule has 2 unspecified atom stereocenters. The first-order valence-electron chi connectivity index (χ1n) is 5.49. The van der Waals surface area contributed by atoms with Crippen molar-refractivity contribution < 1.29 is 0 Å². The van der Waals surface area contributed by atoms with Gasteiger partial charge >= 0.3 is 0 Å². The van der Waals surface area contributed by atoms with Crippen LogP contribution in [0.2, 0.25) is 5.02 Å². The van der Waals surface area contributed by atoms with Crippen molar-refractivity contribution in [2.45, 2.75) is 32.9 Å². The first kappa shape index (κ1) is 10.9. The van der Waals surface area contributed by atoms with Crippen molar-refractivity contribution >= 4 is 11.6 Å². The van der Waals surface area contributed by atoms with Crippen LogP contribution in [0.5, 0.6) is 0 Å². The maximum atomic E-state index is 5.94. The number of hydrogen-bond donors (Lipinski definition) is 0. The lowest BCUT2D eigenvalue weighted by atomic mass is 10.1. The summed E-state index contributed by atoms with van der Waals surface area (Å²) in [6.07, 6.45) is 3.07. The van der Waals surface area contributed by atoms with Gasteiger partial charge < -0.3 is 0 Å². The molecule has 1 aromatic rings. The second-order valence-corrected chi connectivity index (χ2v) is 5.02. The summed E-state index contributed by atoms with van der Waals surface area (Å²) in [4.78, 5) is 6.81. The summed E-state index contributed by atoms with van der Waals surface area (Å²) >= 11 is 5.94. The van der Waals surface area contributed by atoms with E-state index in [0.29, 0.717) is 6.04 Å². The van der Waals surface area contributed by atoms with Gasteiger partial charge in [0.15, 0.2) is 0 Å². The fourth-order valence-electron chi connectivity index (χ4n) is 2.35. The molecule has 0 spiro atoms. The van der Waals surface area contributed by atoms with Gasteiger partial charge in [-0.05, 0) is 31.4 Å². The molecule has 1 aromatic heterocycles. The van der Waals surface area contributed by atoms with E-state index in [1.165, 1.54) is 13.0 Å². The fourth-order valence-corrected chi connectivity index (χ4v) is 2.53. The lowest BCUT2D eigenvalue weighted by Crippen LogP contribution is -2.26. The summed E-state index contributed by atoms with van der Waals surface area (Å²) in [7, 11) is 0. The minimum Gasteiger partial charge on any atom is -0.295 e. The molecule has 1 fully saturated rings. The van der Waals surface area contributed by atoms with Crippen LogP contribution in [0.4, 0.5) is 0 Å². The van der Waals surface area contributed by atoms with Crippen molar-refractivity contribution in [2.24, 2.45) is 5.92 Å². The maximum Gasteiger partial charge on any atom is 0.0558 e. The molecule has 1 aliphatic rings. The third kappa shape index (κ3) is 2.70. The predicted octanol–water partition coefficient (Wildman–Crippen LogP) is 2.97. The van der Waals surface area contributed by atoms with Gasteiger partial charge in [0.05, 0.1) is 5.69 Å². The van der Waals surface area contributed by atoms with E-state index in [0.717, 1.165) is 23.2 Å². The Bertz CT molecular complexity index is 340. The highest BCUT2D eigenvalue weighted by molar-refractivity contribution is 6.30. The zero-order chi connectivity index (χ0) is 10.8. The Hall–Kier alpha value is -0.600. The molecular weight excluding hydrogens is 208 g/mol. The molecule has 0 aliphatic carbocycles. The van der Waals surface area contributed by atoms with Gasteiger partial charge in [0.2, 0.25) is 0 Å². The summed E-state index contributed by atoms with van der Waals surface area (Å²) in [5.41, 5.74) is 1.07. The highest BCUT2D eigenvalue weighted by atomic mass is 35.5. The zero-order valence-corrected chi connectivity index (χ0v) is 10.0. The van der Waals surface area contributed by atoms with Gasteiger partial charge in [-0.1, -0.05) is 18.5 Å². The van der Waals surface area contributed by atoms with Gasteiger partial charge in [-0.3, -0.25) is 9.88 Å². The van der Waals surface area contributed by atoms with Crippen molar-refractivity contribution in [1.29, 1.82) is 0 Å². The second kappa shape index (κ2) is 4.50. The van der Waals surface area contributed by atoms with Crippen LogP contribution >= 0.6 is 11.6 Å². The molecule has 2 atom stereocenters. The van der Waals surface area contributed by atoms with E-state index in [-0.39, 0.29) is 0 Å². The standard InChI is InChI=1S/C12H17ClN2/c1-9-5-10(2)15(7-9)8-12-6-11(13)3-4-14-12/h3-4,6,9-10H,5,7-8H2,1-2H3. The summed E-state index contributed by atoms with van der Waals surface area (Å²) < 4.78 is 0. The number of rotatable bonds is 2. The third-order valence-electron chi connectivity index (χ3n) is 3.06. The third-order valence-corrected chi connectivity index (χ3v) is 3.29. The fraction of sp³-hybridized carbons (Fsp3) is 0.583. The van der Waals surface area contributed by atoms with E-state index in [1.54, 1.807) is 6.20 Å². The van der Waals surface area contributed by atoms with Crippen LogP contribution in [0.1, 0.15) is 26.0 Å². The molecule has 82 valence electrons. The Morgan fingerprint density at radius 3 is 2.93 bits per heavy atom. The highest BCUT2D eigenvalue weighted by Crippen LogP contribution is 2.24. The van der Waals surface area contributed by atoms with Crippen LogP contribution in [0, 0.1) is 5.92 Å². The SMILES string of the molecule is CC1CC(C)N(Cc2cc(Cl)ccn2)C1. The van der Waals surface area contributed by atoms with Crippen LogP contribution in [-0.4, -0.2) is 22.5 Å². The number of nitrogens with zero attached hydrogens (tertiary/aromatic N) is 2. The molecule has 15 heavy (non-hydrogen) atoms. The maximum absolute atomic E-state index is 5.94. The quantitative estimate of drug-likeness (QED) is 0.768. The van der Waals surface area contributed by atoms with Crippen molar-refractivity contribution in [3.8, 4) is 0 Å². The topological polar surface area (TPSA) is 16.1 Å². The molecule has 1 saturated heterocycles. The Morgan fingerprint density at radius 2 is 2.33 bits per heavy atom. The average Bonchev–Trinajstić information content (AvgIpc) is 2.45. The van der Waals surface area contributed by atoms with Gasteiger partial charge in [0, 0.05) is 30.4 Å². The molecule has 3 heteroatoms. The van der Waals surface area contributed by atoms with E-state index in [9.17, 15) is 0 Å². The Morgan fingerprint density at radius 1 is 1.53 bits per heavy atom. The van der Waals surface area contributed by atoms with E-state index in [4.69, 9.17) is 11.6 Å². The monoisotopic (exact) mass is 224 g/mol. The first-order chi connectivity index (χ1) is 7.15. The van der Waals surface area contributed by atoms with Crippen molar-refractivity contribution in [1.82, 2.24) is 9.88 Å². The molecule has 0 N–H and O–H groups in total. The van der Waals surface area contributed by atoms with Crippen LogP contribution in [0.25, 0.3) is 0 Å². The van der Waals surface area contributed by atoms with Crippen molar-refractivity contribution in [3.63, 3.8) is 0 Å². The van der Waals surface area contributed by atoms with Crippen LogP contribution in [-0.2, 0) is 6.54 Å². The number of aromatic nitrogens is 1. The van der Waals surface area contributed by atoms with Gasteiger partial charge in [0.1, 0.15) is 0 Å². The first-order valence-corrected chi connectivity index (χ1v) is 5.87. The average molecular weight is 225 g/mol. The number of halogens is 1. The van der Waals surface area contributed by atoms with Crippen molar-refractivity contribution in [2.75, 3.05) is 6.54 Å². The Balaban J connectivity index is 2.03. The summed E-state index contributed by atoms with van der Waals surface area (Å²) in [6.45, 7) is 6.69. The largest absolute Gasteiger partial charge is 0.295 e. The zero-order valence-electron chi connectivity index (χ0n) is 9.28. The smallest absolute Gasteiger partial charge is 0.0558 e. The van der Waals surface area contributed by atoms with Crippen LogP contribution in [0.3, 0.4) is 0 Å². The predicted molar refractivity (Wildman–Crippen MR) is 62.9 cm³/mol. The number of hydrogen-bond acceptors (Lipinski definition) is 2. The molecule has 2 nitrogen and oxygen atoms in total. The molecule has 0 amide bonds. The number of pyridine rings is 1. The van der Waals surface area contributed by atoms with Gasteiger partial charge in [-0.25, -0.2) is 0 Å². The molecule has 1 aliphatic heterocycles. The minimum atomic E-state index is 0.667. The summed E-state index contributed by atoms with van der Waals surface area (Å²) in [6, 6.07) is 4.44. The summed E-state index contributed by atoms with van der Waals surface area (Å²) in [5.74, 6) is 0.805. The van der Waals surface area contributed by atoms with E-state index in [2.05, 4.69) is 23.7 Å². The summed E-state index contributed by atoms with van der Waals surface area (Å²) in [5, 5.41) is 0.778. The van der Waals surface area contributed by atoms with E-state index in [1.807, 2.05) is 12.1 Å². The lowest BCUT2D eigenvalue weighted by molar-refractivity contribution is 0.253. The highest BCUT2D eigenvalue weighted by Gasteiger charge is 2.25. The van der Waals surface area contributed by atoms with Gasteiger partial charge in [-0.15, -0.1) is 0 Å². The van der Waals surface area contributed by atoms with E-state index < -0.39 is 0 Å². The van der Waals surface area contributed by atoms with Crippen LogP contribution < -0.4 is 0 Å².